The van der Waals surface area contributed by atoms with Crippen molar-refractivity contribution in [2.75, 3.05) is 5.32 Å². The number of carbonyl (C=O) groups is 1. The van der Waals surface area contributed by atoms with Crippen LogP contribution in [-0.4, -0.2) is 5.78 Å². The van der Waals surface area contributed by atoms with Gasteiger partial charge in [0, 0.05) is 22.0 Å². The molecule has 0 amide bonds. The molecule has 0 aliphatic rings. The van der Waals surface area contributed by atoms with Crippen LogP contribution < -0.4 is 5.32 Å². The van der Waals surface area contributed by atoms with Gasteiger partial charge in [-0.05, 0) is 43.7 Å². The van der Waals surface area contributed by atoms with Gasteiger partial charge in [-0.2, -0.15) is 0 Å². The summed E-state index contributed by atoms with van der Waals surface area (Å²) < 4.78 is 0. The van der Waals surface area contributed by atoms with Crippen LogP contribution in [0.15, 0.2) is 42.5 Å². The SMILES string of the molecule is CC(=O)c1ccccc1Nc1cccc(Cl)c1C. The van der Waals surface area contributed by atoms with Gasteiger partial charge < -0.3 is 5.32 Å². The van der Waals surface area contributed by atoms with Gasteiger partial charge in [-0.3, -0.25) is 4.79 Å². The molecule has 18 heavy (non-hydrogen) atoms. The topological polar surface area (TPSA) is 29.1 Å². The summed E-state index contributed by atoms with van der Waals surface area (Å²) in [5.41, 5.74) is 3.36. The molecule has 0 aliphatic heterocycles. The highest BCUT2D eigenvalue weighted by atomic mass is 35.5. The van der Waals surface area contributed by atoms with E-state index >= 15 is 0 Å². The zero-order valence-electron chi connectivity index (χ0n) is 10.3. The Labute approximate surface area is 112 Å². The van der Waals surface area contributed by atoms with Gasteiger partial charge in [-0.1, -0.05) is 29.8 Å². The summed E-state index contributed by atoms with van der Waals surface area (Å²) in [6, 6.07) is 13.1. The van der Waals surface area contributed by atoms with Gasteiger partial charge in [0.15, 0.2) is 5.78 Å². The van der Waals surface area contributed by atoms with Crippen LogP contribution in [0.5, 0.6) is 0 Å². The van der Waals surface area contributed by atoms with E-state index < -0.39 is 0 Å². The third-order valence-corrected chi connectivity index (χ3v) is 3.25. The van der Waals surface area contributed by atoms with Crippen molar-refractivity contribution < 1.29 is 4.79 Å². The number of ketones is 1. The molecule has 0 radical (unpaired) electrons. The van der Waals surface area contributed by atoms with Crippen LogP contribution in [0.2, 0.25) is 5.02 Å². The number of carbonyl (C=O) groups excluding carboxylic acids is 1. The van der Waals surface area contributed by atoms with Crippen LogP contribution in [0.1, 0.15) is 22.8 Å². The molecule has 2 rings (SSSR count). The molecule has 0 spiro atoms. The molecule has 0 atom stereocenters. The standard InChI is InChI=1S/C15H14ClNO/c1-10-13(16)7-5-9-14(10)17-15-8-4-3-6-12(15)11(2)18/h3-9,17H,1-2H3. The first-order chi connectivity index (χ1) is 8.59. The van der Waals surface area contributed by atoms with E-state index in [1.807, 2.05) is 49.4 Å². The third-order valence-electron chi connectivity index (χ3n) is 2.84. The molecule has 2 nitrogen and oxygen atoms in total. The number of anilines is 2. The number of Topliss-reactive ketones (excluding diaryl/α,β-unsaturated/α-hetero) is 1. The number of para-hydroxylation sites is 1. The van der Waals surface area contributed by atoms with Gasteiger partial charge in [-0.25, -0.2) is 0 Å². The Kier molecular flexibility index (Phi) is 3.68. The van der Waals surface area contributed by atoms with Crippen LogP contribution in [0, 0.1) is 6.92 Å². The summed E-state index contributed by atoms with van der Waals surface area (Å²) >= 11 is 6.08. The Hall–Kier alpha value is -1.80. The average Bonchev–Trinajstić information content (AvgIpc) is 2.35. The first-order valence-electron chi connectivity index (χ1n) is 5.71. The Morgan fingerprint density at radius 2 is 1.72 bits per heavy atom. The molecule has 3 heteroatoms. The van der Waals surface area contributed by atoms with Gasteiger partial charge in [0.25, 0.3) is 0 Å². The van der Waals surface area contributed by atoms with E-state index in [0.29, 0.717) is 10.6 Å². The molecule has 0 aliphatic carbocycles. The quantitative estimate of drug-likeness (QED) is 0.817. The molecule has 0 heterocycles. The molecule has 0 unspecified atom stereocenters. The summed E-state index contributed by atoms with van der Waals surface area (Å²) in [7, 11) is 0. The lowest BCUT2D eigenvalue weighted by atomic mass is 10.1. The van der Waals surface area contributed by atoms with E-state index in [9.17, 15) is 4.79 Å². The minimum atomic E-state index is 0.0396. The fraction of sp³-hybridized carbons (Fsp3) is 0.133. The number of halogens is 1. The molecule has 0 saturated heterocycles. The van der Waals surface area contributed by atoms with E-state index in [2.05, 4.69) is 5.32 Å². The first-order valence-corrected chi connectivity index (χ1v) is 6.09. The largest absolute Gasteiger partial charge is 0.355 e. The van der Waals surface area contributed by atoms with Crippen LogP contribution in [0.25, 0.3) is 0 Å². The number of nitrogens with one attached hydrogen (secondary N) is 1. The van der Waals surface area contributed by atoms with Crippen molar-refractivity contribution in [3.8, 4) is 0 Å². The molecule has 0 bridgehead atoms. The smallest absolute Gasteiger partial charge is 0.161 e. The van der Waals surface area contributed by atoms with Gasteiger partial charge in [0.05, 0.1) is 0 Å². The summed E-state index contributed by atoms with van der Waals surface area (Å²) in [6.45, 7) is 3.51. The molecule has 0 aromatic heterocycles. The zero-order valence-corrected chi connectivity index (χ0v) is 11.1. The summed E-state index contributed by atoms with van der Waals surface area (Å²) in [5, 5.41) is 3.97. The lowest BCUT2D eigenvalue weighted by molar-refractivity contribution is 0.101. The van der Waals surface area contributed by atoms with Crippen LogP contribution in [0.4, 0.5) is 11.4 Å². The highest BCUT2D eigenvalue weighted by Gasteiger charge is 2.08. The number of benzene rings is 2. The second kappa shape index (κ2) is 5.23. The van der Waals surface area contributed by atoms with Gasteiger partial charge >= 0.3 is 0 Å². The van der Waals surface area contributed by atoms with Gasteiger partial charge in [-0.15, -0.1) is 0 Å². The van der Waals surface area contributed by atoms with Crippen molar-refractivity contribution in [1.29, 1.82) is 0 Å². The fourth-order valence-corrected chi connectivity index (χ4v) is 1.96. The first kappa shape index (κ1) is 12.7. The Morgan fingerprint density at radius 3 is 2.44 bits per heavy atom. The second-order valence-corrected chi connectivity index (χ2v) is 4.55. The molecule has 2 aromatic carbocycles. The summed E-state index contributed by atoms with van der Waals surface area (Å²) in [5.74, 6) is 0.0396. The Morgan fingerprint density at radius 1 is 1.06 bits per heavy atom. The molecular formula is C15H14ClNO. The summed E-state index contributed by atoms with van der Waals surface area (Å²) in [4.78, 5) is 11.5. The summed E-state index contributed by atoms with van der Waals surface area (Å²) in [6.07, 6.45) is 0. The van der Waals surface area contributed by atoms with Crippen molar-refractivity contribution >= 4 is 28.8 Å². The van der Waals surface area contributed by atoms with E-state index in [0.717, 1.165) is 16.9 Å². The highest BCUT2D eigenvalue weighted by molar-refractivity contribution is 6.31. The molecule has 0 saturated carbocycles. The number of hydrogen-bond acceptors (Lipinski definition) is 2. The van der Waals surface area contributed by atoms with Crippen LogP contribution in [0.3, 0.4) is 0 Å². The van der Waals surface area contributed by atoms with E-state index in [4.69, 9.17) is 11.6 Å². The van der Waals surface area contributed by atoms with Crippen molar-refractivity contribution in [1.82, 2.24) is 0 Å². The lowest BCUT2D eigenvalue weighted by Gasteiger charge is -2.13. The van der Waals surface area contributed by atoms with E-state index in [1.54, 1.807) is 6.92 Å². The van der Waals surface area contributed by atoms with Crippen molar-refractivity contribution in [2.45, 2.75) is 13.8 Å². The van der Waals surface area contributed by atoms with Gasteiger partial charge in [0.1, 0.15) is 0 Å². The normalized spacial score (nSPS) is 10.2. The second-order valence-electron chi connectivity index (χ2n) is 4.14. The average molecular weight is 260 g/mol. The molecule has 0 fully saturated rings. The minimum absolute atomic E-state index is 0.0396. The third kappa shape index (κ3) is 2.54. The zero-order chi connectivity index (χ0) is 13.1. The predicted molar refractivity (Wildman–Crippen MR) is 75.9 cm³/mol. The van der Waals surface area contributed by atoms with Crippen molar-refractivity contribution in [2.24, 2.45) is 0 Å². The Bertz CT molecular complexity index is 593. The lowest BCUT2D eigenvalue weighted by Crippen LogP contribution is -2.01. The van der Waals surface area contributed by atoms with Crippen LogP contribution in [-0.2, 0) is 0 Å². The molecule has 2 aromatic rings. The maximum atomic E-state index is 11.5. The highest BCUT2D eigenvalue weighted by Crippen LogP contribution is 2.27. The minimum Gasteiger partial charge on any atom is -0.355 e. The van der Waals surface area contributed by atoms with E-state index in [-0.39, 0.29) is 5.78 Å². The number of rotatable bonds is 3. The molecule has 1 N–H and O–H groups in total. The van der Waals surface area contributed by atoms with Crippen molar-refractivity contribution in [3.05, 3.63) is 58.6 Å². The van der Waals surface area contributed by atoms with Crippen LogP contribution >= 0.6 is 11.6 Å². The maximum Gasteiger partial charge on any atom is 0.161 e. The van der Waals surface area contributed by atoms with Gasteiger partial charge in [0.2, 0.25) is 0 Å². The maximum absolute atomic E-state index is 11.5. The molecular weight excluding hydrogens is 246 g/mol. The monoisotopic (exact) mass is 259 g/mol. The van der Waals surface area contributed by atoms with E-state index in [1.165, 1.54) is 0 Å². The fourth-order valence-electron chi connectivity index (χ4n) is 1.79. The number of hydrogen-bond donors (Lipinski definition) is 1. The predicted octanol–water partition coefficient (Wildman–Crippen LogP) is 4.59. The van der Waals surface area contributed by atoms with Crippen molar-refractivity contribution in [3.63, 3.8) is 0 Å². The molecule has 92 valence electrons. The Balaban J connectivity index is 2.40.